The van der Waals surface area contributed by atoms with Crippen LogP contribution in [-0.2, 0) is 17.9 Å². The van der Waals surface area contributed by atoms with E-state index in [2.05, 4.69) is 23.1 Å². The third kappa shape index (κ3) is 5.02. The molecule has 0 bridgehead atoms. The van der Waals surface area contributed by atoms with E-state index in [1.165, 1.54) is 0 Å². The van der Waals surface area contributed by atoms with E-state index in [4.69, 9.17) is 9.84 Å². The molecule has 1 unspecified atom stereocenters. The highest BCUT2D eigenvalue weighted by molar-refractivity contribution is 5.70. The maximum absolute atomic E-state index is 11.2. The number of rotatable bonds is 8. The summed E-state index contributed by atoms with van der Waals surface area (Å²) in [6, 6.07) is 30.4. The number of nitrogens with zero attached hydrogens (tertiary/aromatic N) is 3. The van der Waals surface area contributed by atoms with E-state index >= 15 is 0 Å². The molecule has 34 heavy (non-hydrogen) atoms. The average Bonchev–Trinajstić information content (AvgIpc) is 3.52. The molecule has 0 amide bonds. The quantitative estimate of drug-likeness (QED) is 0.406. The van der Waals surface area contributed by atoms with Gasteiger partial charge in [-0.3, -0.25) is 9.69 Å². The highest BCUT2D eigenvalue weighted by Crippen LogP contribution is 2.25. The minimum Gasteiger partial charge on any atom is -0.487 e. The van der Waals surface area contributed by atoms with Crippen molar-refractivity contribution < 1.29 is 14.6 Å². The monoisotopic (exact) mass is 453 g/mol. The average molecular weight is 454 g/mol. The van der Waals surface area contributed by atoms with Gasteiger partial charge in [-0.2, -0.15) is 5.10 Å². The molecule has 6 nitrogen and oxygen atoms in total. The van der Waals surface area contributed by atoms with E-state index in [0.717, 1.165) is 53.5 Å². The number of carboxylic acid groups (broad SMARTS) is 1. The number of carboxylic acids is 1. The van der Waals surface area contributed by atoms with E-state index in [0.29, 0.717) is 13.2 Å². The van der Waals surface area contributed by atoms with E-state index in [9.17, 15) is 9.90 Å². The van der Waals surface area contributed by atoms with Gasteiger partial charge in [-0.15, -0.1) is 0 Å². The molecule has 0 aliphatic carbocycles. The van der Waals surface area contributed by atoms with Crippen molar-refractivity contribution in [1.29, 1.82) is 0 Å². The van der Waals surface area contributed by atoms with Crippen LogP contribution in [0.3, 0.4) is 0 Å². The summed E-state index contributed by atoms with van der Waals surface area (Å²) in [6.07, 6.45) is 0.719. The molecule has 0 spiro atoms. The Bertz CT molecular complexity index is 1180. The number of para-hydroxylation sites is 1. The maximum atomic E-state index is 11.2. The lowest BCUT2D eigenvalue weighted by Gasteiger charge is -2.15. The van der Waals surface area contributed by atoms with Gasteiger partial charge in [-0.1, -0.05) is 60.7 Å². The molecule has 4 aromatic rings. The van der Waals surface area contributed by atoms with Crippen molar-refractivity contribution in [2.45, 2.75) is 19.6 Å². The summed E-state index contributed by atoms with van der Waals surface area (Å²) < 4.78 is 7.99. The fourth-order valence-corrected chi connectivity index (χ4v) is 4.37. The van der Waals surface area contributed by atoms with Crippen LogP contribution in [0.25, 0.3) is 16.9 Å². The Morgan fingerprint density at radius 2 is 1.68 bits per heavy atom. The molecule has 3 aromatic carbocycles. The van der Waals surface area contributed by atoms with Gasteiger partial charge in [0.25, 0.3) is 0 Å². The Labute approximate surface area is 199 Å². The summed E-state index contributed by atoms with van der Waals surface area (Å²) in [5, 5.41) is 14.0. The van der Waals surface area contributed by atoms with Crippen LogP contribution in [0.4, 0.5) is 0 Å². The minimum absolute atomic E-state index is 0.251. The molecule has 0 radical (unpaired) electrons. The topological polar surface area (TPSA) is 67.6 Å². The zero-order chi connectivity index (χ0) is 23.3. The summed E-state index contributed by atoms with van der Waals surface area (Å²) in [5.41, 5.74) is 5.12. The first-order valence-electron chi connectivity index (χ1n) is 11.5. The lowest BCUT2D eigenvalue weighted by Crippen LogP contribution is -2.22. The molecule has 1 aromatic heterocycles. The van der Waals surface area contributed by atoms with Crippen LogP contribution in [-0.4, -0.2) is 38.8 Å². The largest absolute Gasteiger partial charge is 0.487 e. The van der Waals surface area contributed by atoms with Gasteiger partial charge in [-0.05, 0) is 48.9 Å². The van der Waals surface area contributed by atoms with Gasteiger partial charge in [-0.25, -0.2) is 4.68 Å². The molecule has 1 N–H and O–H groups in total. The number of ether oxygens (including phenoxy) is 1. The lowest BCUT2D eigenvalue weighted by atomic mass is 10.1. The molecule has 1 atom stereocenters. The predicted molar refractivity (Wildman–Crippen MR) is 131 cm³/mol. The maximum Gasteiger partial charge on any atom is 0.307 e. The minimum atomic E-state index is -0.698. The van der Waals surface area contributed by atoms with Gasteiger partial charge >= 0.3 is 5.97 Å². The van der Waals surface area contributed by atoms with Crippen molar-refractivity contribution in [3.05, 3.63) is 102 Å². The normalized spacial score (nSPS) is 15.9. The van der Waals surface area contributed by atoms with Gasteiger partial charge in [0.05, 0.1) is 17.3 Å². The molecule has 2 heterocycles. The van der Waals surface area contributed by atoms with Crippen LogP contribution in [0.1, 0.15) is 17.7 Å². The zero-order valence-electron chi connectivity index (χ0n) is 18.9. The van der Waals surface area contributed by atoms with Crippen molar-refractivity contribution in [1.82, 2.24) is 14.7 Å². The second-order valence-corrected chi connectivity index (χ2v) is 8.63. The van der Waals surface area contributed by atoms with Crippen LogP contribution in [0, 0.1) is 5.92 Å². The highest BCUT2D eigenvalue weighted by atomic mass is 16.5. The molecule has 172 valence electrons. The number of benzene rings is 3. The van der Waals surface area contributed by atoms with Gasteiger partial charge in [0, 0.05) is 18.7 Å². The predicted octanol–water partition coefficient (Wildman–Crippen LogP) is 5.02. The van der Waals surface area contributed by atoms with E-state index in [1.54, 1.807) is 0 Å². The molecule has 0 saturated carbocycles. The summed E-state index contributed by atoms with van der Waals surface area (Å²) >= 11 is 0. The number of hydrogen-bond acceptors (Lipinski definition) is 4. The Balaban J connectivity index is 1.26. The van der Waals surface area contributed by atoms with Crippen LogP contribution in [0.2, 0.25) is 0 Å². The molecular formula is C28H27N3O3. The molecular weight excluding hydrogens is 426 g/mol. The Morgan fingerprint density at radius 3 is 2.35 bits per heavy atom. The fraction of sp³-hybridized carbons (Fsp3) is 0.214. The molecule has 1 saturated heterocycles. The summed E-state index contributed by atoms with van der Waals surface area (Å²) in [7, 11) is 0. The Hall–Kier alpha value is -3.90. The van der Waals surface area contributed by atoms with Crippen LogP contribution in [0.15, 0.2) is 91.0 Å². The molecule has 1 aliphatic rings. The van der Waals surface area contributed by atoms with Gasteiger partial charge < -0.3 is 9.84 Å². The number of likely N-dealkylation sites (tertiary alicyclic amines) is 1. The molecule has 6 heteroatoms. The van der Waals surface area contributed by atoms with E-state index < -0.39 is 5.97 Å². The zero-order valence-corrected chi connectivity index (χ0v) is 18.9. The molecule has 5 rings (SSSR count). The third-order valence-corrected chi connectivity index (χ3v) is 6.17. The van der Waals surface area contributed by atoms with E-state index in [-0.39, 0.29) is 5.92 Å². The van der Waals surface area contributed by atoms with Crippen LogP contribution < -0.4 is 4.74 Å². The first kappa shape index (κ1) is 21.9. The highest BCUT2D eigenvalue weighted by Gasteiger charge is 2.27. The lowest BCUT2D eigenvalue weighted by molar-refractivity contribution is -0.141. The first-order chi connectivity index (χ1) is 16.7. The fourth-order valence-electron chi connectivity index (χ4n) is 4.37. The van der Waals surface area contributed by atoms with Crippen molar-refractivity contribution in [2.24, 2.45) is 5.92 Å². The number of carbonyl (C=O) groups is 1. The second-order valence-electron chi connectivity index (χ2n) is 8.63. The van der Waals surface area contributed by atoms with Gasteiger partial charge in [0.15, 0.2) is 0 Å². The number of hydrogen-bond donors (Lipinski definition) is 1. The van der Waals surface area contributed by atoms with Gasteiger partial charge in [0.2, 0.25) is 0 Å². The SMILES string of the molecule is O=C(O)C1CCN(Cc2ccc(OCc3cc(-c4ccccc4)n(-c4ccccc4)n3)cc2)C1. The Morgan fingerprint density at radius 1 is 0.971 bits per heavy atom. The number of aliphatic carboxylic acids is 1. The third-order valence-electron chi connectivity index (χ3n) is 6.17. The van der Waals surface area contributed by atoms with Crippen LogP contribution >= 0.6 is 0 Å². The standard InChI is InChI=1S/C28H27N3O3/c32-28(33)23-15-16-30(19-23)18-21-11-13-26(14-12-21)34-20-24-17-27(22-7-3-1-4-8-22)31(29-24)25-9-5-2-6-10-25/h1-14,17,23H,15-16,18-20H2,(H,32,33). The van der Waals surface area contributed by atoms with Gasteiger partial charge in [0.1, 0.15) is 18.1 Å². The molecule has 1 aliphatic heterocycles. The van der Waals surface area contributed by atoms with Crippen molar-refractivity contribution >= 4 is 5.97 Å². The summed E-state index contributed by atoms with van der Waals surface area (Å²) in [5.74, 6) is -0.167. The number of aromatic nitrogens is 2. The summed E-state index contributed by atoms with van der Waals surface area (Å²) in [6.45, 7) is 2.56. The molecule has 1 fully saturated rings. The first-order valence-corrected chi connectivity index (χ1v) is 11.5. The van der Waals surface area contributed by atoms with Crippen molar-refractivity contribution in [2.75, 3.05) is 13.1 Å². The smallest absolute Gasteiger partial charge is 0.307 e. The van der Waals surface area contributed by atoms with Crippen LogP contribution in [0.5, 0.6) is 5.75 Å². The Kier molecular flexibility index (Phi) is 6.40. The van der Waals surface area contributed by atoms with E-state index in [1.807, 2.05) is 77.5 Å². The van der Waals surface area contributed by atoms with Crippen molar-refractivity contribution in [3.8, 4) is 22.7 Å². The second kappa shape index (κ2) is 9.93. The van der Waals surface area contributed by atoms with Crippen molar-refractivity contribution in [3.63, 3.8) is 0 Å². The summed E-state index contributed by atoms with van der Waals surface area (Å²) in [4.78, 5) is 13.4.